The first kappa shape index (κ1) is 11.4. The van der Waals surface area contributed by atoms with E-state index in [1.54, 1.807) is 0 Å². The Morgan fingerprint density at radius 2 is 1.80 bits per heavy atom. The quantitative estimate of drug-likeness (QED) is 0.656. The zero-order chi connectivity index (χ0) is 11.2. The first-order valence-electron chi connectivity index (χ1n) is 6.39. The first-order chi connectivity index (χ1) is 6.89. The summed E-state index contributed by atoms with van der Waals surface area (Å²) in [6.45, 7) is 14.3. The smallest absolute Gasteiger partial charge is 0.0647 e. The molecule has 2 unspecified atom stereocenters. The van der Waals surface area contributed by atoms with Crippen molar-refractivity contribution < 1.29 is 0 Å². The average molecular weight is 210 g/mol. The van der Waals surface area contributed by atoms with E-state index in [-0.39, 0.29) is 0 Å². The largest absolute Gasteiger partial charge is 0.274 e. The molecular weight excluding hydrogens is 184 g/mol. The highest BCUT2D eigenvalue weighted by atomic mass is 15.5. The molecule has 0 N–H and O–H groups in total. The molecule has 0 aromatic heterocycles. The minimum absolute atomic E-state index is 0.489. The number of nitrogens with zero attached hydrogens (tertiary/aromatic N) is 2. The molecule has 0 bridgehead atoms. The van der Waals surface area contributed by atoms with E-state index in [2.05, 4.69) is 44.4 Å². The van der Waals surface area contributed by atoms with Crippen LogP contribution in [0.4, 0.5) is 0 Å². The maximum Gasteiger partial charge on any atom is 0.0647 e. The third-order valence-electron chi connectivity index (χ3n) is 4.27. The van der Waals surface area contributed by atoms with Gasteiger partial charge >= 0.3 is 0 Å². The summed E-state index contributed by atoms with van der Waals surface area (Å²) in [4.78, 5) is 5.29. The van der Waals surface area contributed by atoms with Gasteiger partial charge < -0.3 is 0 Å². The number of hydrogen-bond donors (Lipinski definition) is 0. The summed E-state index contributed by atoms with van der Waals surface area (Å²) in [5, 5.41) is 0. The molecule has 0 amide bonds. The van der Waals surface area contributed by atoms with Crippen LogP contribution >= 0.6 is 0 Å². The topological polar surface area (TPSA) is 6.48 Å². The van der Waals surface area contributed by atoms with E-state index >= 15 is 0 Å². The van der Waals surface area contributed by atoms with Gasteiger partial charge in [0.15, 0.2) is 0 Å². The monoisotopic (exact) mass is 210 g/mol. The number of rotatable bonds is 1. The number of hydrogen-bond acceptors (Lipinski definition) is 2. The lowest BCUT2D eigenvalue weighted by atomic mass is 9.75. The van der Waals surface area contributed by atoms with Crippen molar-refractivity contribution in [3.05, 3.63) is 0 Å². The van der Waals surface area contributed by atoms with Crippen LogP contribution in [0, 0.1) is 11.3 Å². The predicted molar refractivity (Wildman–Crippen MR) is 64.5 cm³/mol. The van der Waals surface area contributed by atoms with E-state index in [1.807, 2.05) is 0 Å². The Labute approximate surface area is 94.6 Å². The zero-order valence-electron chi connectivity index (χ0n) is 11.0. The highest BCUT2D eigenvalue weighted by Crippen LogP contribution is 2.39. The van der Waals surface area contributed by atoms with Crippen LogP contribution in [-0.4, -0.2) is 35.2 Å². The molecule has 2 saturated heterocycles. The zero-order valence-corrected chi connectivity index (χ0v) is 11.0. The van der Waals surface area contributed by atoms with E-state index in [9.17, 15) is 0 Å². The third-order valence-corrected chi connectivity index (χ3v) is 4.27. The van der Waals surface area contributed by atoms with E-state index in [0.29, 0.717) is 5.41 Å². The SMILES string of the molecule is CC(C)N1CN2CC(C(C)(C)C)CCC21. The molecule has 2 aliphatic rings. The van der Waals surface area contributed by atoms with Crippen LogP contribution in [0.3, 0.4) is 0 Å². The van der Waals surface area contributed by atoms with Gasteiger partial charge in [0.05, 0.1) is 12.8 Å². The van der Waals surface area contributed by atoms with Crippen molar-refractivity contribution in [2.24, 2.45) is 11.3 Å². The lowest BCUT2D eigenvalue weighted by Crippen LogP contribution is -2.68. The van der Waals surface area contributed by atoms with Gasteiger partial charge in [-0.25, -0.2) is 0 Å². The summed E-state index contributed by atoms with van der Waals surface area (Å²) in [6.07, 6.45) is 3.55. The van der Waals surface area contributed by atoms with Crippen LogP contribution in [0.1, 0.15) is 47.5 Å². The van der Waals surface area contributed by atoms with Crippen LogP contribution in [0.5, 0.6) is 0 Å². The fraction of sp³-hybridized carbons (Fsp3) is 1.00. The molecule has 2 fully saturated rings. The number of fused-ring (bicyclic) bond motifs is 1. The van der Waals surface area contributed by atoms with Crippen LogP contribution in [-0.2, 0) is 0 Å². The van der Waals surface area contributed by atoms with Gasteiger partial charge in [-0.3, -0.25) is 9.80 Å². The average Bonchev–Trinajstić information content (AvgIpc) is 2.03. The highest BCUT2D eigenvalue weighted by Gasteiger charge is 2.43. The molecule has 0 aromatic rings. The van der Waals surface area contributed by atoms with Crippen LogP contribution in [0.25, 0.3) is 0 Å². The molecule has 2 rings (SSSR count). The molecule has 88 valence electrons. The molecule has 0 radical (unpaired) electrons. The fourth-order valence-corrected chi connectivity index (χ4v) is 2.98. The van der Waals surface area contributed by atoms with Crippen LogP contribution < -0.4 is 0 Å². The minimum Gasteiger partial charge on any atom is -0.274 e. The summed E-state index contributed by atoms with van der Waals surface area (Å²) in [5.74, 6) is 0.892. The van der Waals surface area contributed by atoms with Gasteiger partial charge in [-0.05, 0) is 38.0 Å². The molecule has 15 heavy (non-hydrogen) atoms. The molecule has 0 aromatic carbocycles. The first-order valence-corrected chi connectivity index (χ1v) is 6.39. The Balaban J connectivity index is 1.91. The van der Waals surface area contributed by atoms with Crippen molar-refractivity contribution in [2.45, 2.75) is 59.7 Å². The van der Waals surface area contributed by atoms with E-state index < -0.39 is 0 Å². The van der Waals surface area contributed by atoms with Crippen molar-refractivity contribution in [3.63, 3.8) is 0 Å². The second kappa shape index (κ2) is 3.74. The summed E-state index contributed by atoms with van der Waals surface area (Å²) >= 11 is 0. The van der Waals surface area contributed by atoms with E-state index in [4.69, 9.17) is 0 Å². The van der Waals surface area contributed by atoms with Crippen molar-refractivity contribution in [1.82, 2.24) is 9.80 Å². The van der Waals surface area contributed by atoms with E-state index in [1.165, 1.54) is 26.1 Å². The Kier molecular flexibility index (Phi) is 2.85. The van der Waals surface area contributed by atoms with Gasteiger partial charge in [0.1, 0.15) is 0 Å². The lowest BCUT2D eigenvalue weighted by molar-refractivity contribution is -0.163. The number of piperidine rings is 1. The third kappa shape index (κ3) is 2.07. The summed E-state index contributed by atoms with van der Waals surface area (Å²) < 4.78 is 0. The molecular formula is C13H26N2. The predicted octanol–water partition coefficient (Wildman–Crippen LogP) is 2.75. The Morgan fingerprint density at radius 1 is 1.13 bits per heavy atom. The molecule has 0 saturated carbocycles. The van der Waals surface area contributed by atoms with Crippen molar-refractivity contribution in [1.29, 1.82) is 0 Å². The molecule has 2 atom stereocenters. The van der Waals surface area contributed by atoms with Crippen molar-refractivity contribution in [2.75, 3.05) is 13.2 Å². The van der Waals surface area contributed by atoms with Crippen LogP contribution in [0.2, 0.25) is 0 Å². The van der Waals surface area contributed by atoms with Gasteiger partial charge in [-0.2, -0.15) is 0 Å². The van der Waals surface area contributed by atoms with Crippen LogP contribution in [0.15, 0.2) is 0 Å². The fourth-order valence-electron chi connectivity index (χ4n) is 2.98. The Morgan fingerprint density at radius 3 is 2.27 bits per heavy atom. The standard InChI is InChI=1S/C13H26N2/c1-10(2)15-9-14-8-11(13(3,4)5)6-7-12(14)15/h10-12H,6-9H2,1-5H3. The second-order valence-electron chi connectivity index (χ2n) is 6.64. The molecule has 0 spiro atoms. The van der Waals surface area contributed by atoms with Crippen molar-refractivity contribution in [3.8, 4) is 0 Å². The van der Waals surface area contributed by atoms with Gasteiger partial charge in [-0.1, -0.05) is 20.8 Å². The maximum atomic E-state index is 2.67. The highest BCUT2D eigenvalue weighted by molar-refractivity contribution is 4.93. The second-order valence-corrected chi connectivity index (χ2v) is 6.64. The lowest BCUT2D eigenvalue weighted by Gasteiger charge is -2.58. The van der Waals surface area contributed by atoms with Crippen molar-refractivity contribution >= 4 is 0 Å². The van der Waals surface area contributed by atoms with Gasteiger partial charge in [0.25, 0.3) is 0 Å². The van der Waals surface area contributed by atoms with Gasteiger partial charge in [0.2, 0.25) is 0 Å². The molecule has 2 heteroatoms. The molecule has 2 heterocycles. The maximum absolute atomic E-state index is 2.67. The van der Waals surface area contributed by atoms with E-state index in [0.717, 1.165) is 18.1 Å². The molecule has 0 aliphatic carbocycles. The van der Waals surface area contributed by atoms with Gasteiger partial charge in [-0.15, -0.1) is 0 Å². The molecule has 2 aliphatic heterocycles. The summed E-state index contributed by atoms with van der Waals surface area (Å²) in [6, 6.07) is 0.720. The molecule has 2 nitrogen and oxygen atoms in total. The normalized spacial score (nSPS) is 34.0. The van der Waals surface area contributed by atoms with Gasteiger partial charge in [0, 0.05) is 12.6 Å². The summed E-state index contributed by atoms with van der Waals surface area (Å²) in [7, 11) is 0. The Hall–Kier alpha value is -0.0800. The minimum atomic E-state index is 0.489. The Bertz CT molecular complexity index is 229. The summed E-state index contributed by atoms with van der Waals surface area (Å²) in [5.41, 5.74) is 0.489.